The molecule has 12 nitrogen and oxygen atoms in total. The van der Waals surface area contributed by atoms with Gasteiger partial charge in [0.15, 0.2) is 5.65 Å². The van der Waals surface area contributed by atoms with Gasteiger partial charge in [-0.1, -0.05) is 31.8 Å². The van der Waals surface area contributed by atoms with Crippen LogP contribution in [0.1, 0.15) is 40.0 Å². The van der Waals surface area contributed by atoms with Gasteiger partial charge in [0.05, 0.1) is 37.4 Å². The number of carbonyl (C=O) groups is 2. The molecule has 0 unspecified atom stereocenters. The lowest BCUT2D eigenvalue weighted by Gasteiger charge is -2.27. The van der Waals surface area contributed by atoms with Gasteiger partial charge in [0.2, 0.25) is 11.8 Å². The minimum Gasteiger partial charge on any atom is -0.495 e. The quantitative estimate of drug-likeness (QED) is 0.116. The Hall–Kier alpha value is -4.46. The van der Waals surface area contributed by atoms with Crippen molar-refractivity contribution in [2.75, 3.05) is 39.3 Å². The molecule has 1 aliphatic carbocycles. The van der Waals surface area contributed by atoms with Crippen LogP contribution in [0.15, 0.2) is 48.7 Å². The second-order valence-electron chi connectivity index (χ2n) is 13.5. The molecule has 4 aromatic rings. The Bertz CT molecular complexity index is 1780. The smallest absolute Gasteiger partial charge is 0.251 e. The van der Waals surface area contributed by atoms with Gasteiger partial charge in [0.1, 0.15) is 18.6 Å². The van der Waals surface area contributed by atoms with E-state index < -0.39 is 8.07 Å². The topological polar surface area (TPSA) is 138 Å². The van der Waals surface area contributed by atoms with Crippen LogP contribution in [0.5, 0.6) is 11.6 Å². The maximum atomic E-state index is 12.8. The molecule has 2 aromatic heterocycles. The molecule has 0 radical (unpaired) electrons. The summed E-state index contributed by atoms with van der Waals surface area (Å²) in [5, 5.41) is 9.72. The summed E-state index contributed by atoms with van der Waals surface area (Å²) in [7, 11) is 1.89. The van der Waals surface area contributed by atoms with Crippen LogP contribution in [0.4, 0.5) is 11.6 Å². The second-order valence-corrected chi connectivity index (χ2v) is 19.1. The van der Waals surface area contributed by atoms with Crippen molar-refractivity contribution in [1.82, 2.24) is 25.2 Å². The van der Waals surface area contributed by atoms with Crippen molar-refractivity contribution in [1.29, 1.82) is 0 Å². The Balaban J connectivity index is 1.38. The Morgan fingerprint density at radius 2 is 1.77 bits per heavy atom. The van der Waals surface area contributed by atoms with E-state index >= 15 is 0 Å². The highest BCUT2D eigenvalue weighted by atomic mass is 28.3. The fourth-order valence-electron chi connectivity index (χ4n) is 5.39. The van der Waals surface area contributed by atoms with E-state index in [-0.39, 0.29) is 24.0 Å². The molecule has 3 N–H and O–H groups in total. The number of benzene rings is 2. The first-order valence-electron chi connectivity index (χ1n) is 16.4. The lowest BCUT2D eigenvalue weighted by Crippen LogP contribution is -2.48. The normalized spacial score (nSPS) is 15.0. The summed E-state index contributed by atoms with van der Waals surface area (Å²) >= 11 is 0. The highest BCUT2D eigenvalue weighted by Gasteiger charge is 2.26. The molecule has 2 aromatic carbocycles. The fraction of sp³-hybridized carbons (Fsp3) is 0.429. The van der Waals surface area contributed by atoms with Gasteiger partial charge in [-0.3, -0.25) is 9.59 Å². The summed E-state index contributed by atoms with van der Waals surface area (Å²) < 4.78 is 25.6. The average Bonchev–Trinajstić information content (AvgIpc) is 3.40. The largest absolute Gasteiger partial charge is 0.495 e. The highest BCUT2D eigenvalue weighted by Crippen LogP contribution is 2.39. The minimum atomic E-state index is -1.28. The molecule has 2 amide bonds. The van der Waals surface area contributed by atoms with Crippen LogP contribution in [0.3, 0.4) is 0 Å². The SMILES string of the molecule is CNC(=O)c1ccc(-c2cn(COCC[Si](C)(C)C)c3nc(Nc4ccc(C(=O)NC5COC5)cc4OC)nc(OC4CCC4)c23)cc1. The van der Waals surface area contributed by atoms with Crippen LogP contribution in [-0.2, 0) is 16.2 Å². The van der Waals surface area contributed by atoms with E-state index in [1.54, 1.807) is 44.5 Å². The molecule has 6 rings (SSSR count). The van der Waals surface area contributed by atoms with Crippen LogP contribution in [0, 0.1) is 0 Å². The number of methoxy groups -OCH3 is 1. The van der Waals surface area contributed by atoms with Gasteiger partial charge in [0.25, 0.3) is 11.8 Å². The first-order chi connectivity index (χ1) is 23.1. The molecule has 0 bridgehead atoms. The number of anilines is 2. The third kappa shape index (κ3) is 7.64. The van der Waals surface area contributed by atoms with E-state index in [0.717, 1.165) is 41.8 Å². The molecule has 2 fully saturated rings. The van der Waals surface area contributed by atoms with Crippen molar-refractivity contribution in [3.8, 4) is 22.8 Å². The predicted octanol–water partition coefficient (Wildman–Crippen LogP) is 5.58. The minimum absolute atomic E-state index is 0.0185. The Morgan fingerprint density at radius 1 is 1.02 bits per heavy atom. The van der Waals surface area contributed by atoms with E-state index in [0.29, 0.717) is 66.6 Å². The van der Waals surface area contributed by atoms with Crippen LogP contribution in [-0.4, -0.2) is 80.5 Å². The van der Waals surface area contributed by atoms with Crippen molar-refractivity contribution in [2.45, 2.75) is 63.8 Å². The number of hydrogen-bond donors (Lipinski definition) is 3. The number of ether oxygens (including phenoxy) is 4. The fourth-order valence-corrected chi connectivity index (χ4v) is 6.15. The van der Waals surface area contributed by atoms with Crippen molar-refractivity contribution in [3.05, 3.63) is 59.8 Å². The van der Waals surface area contributed by atoms with Crippen LogP contribution < -0.4 is 25.4 Å². The maximum absolute atomic E-state index is 12.8. The lowest BCUT2D eigenvalue weighted by atomic mass is 9.96. The van der Waals surface area contributed by atoms with Gasteiger partial charge in [-0.05, 0) is 61.2 Å². The van der Waals surface area contributed by atoms with E-state index in [1.807, 2.05) is 22.9 Å². The third-order valence-electron chi connectivity index (χ3n) is 8.61. The Labute approximate surface area is 281 Å². The zero-order valence-corrected chi connectivity index (χ0v) is 29.2. The number of nitrogens with zero attached hydrogens (tertiary/aromatic N) is 3. The molecule has 3 heterocycles. The summed E-state index contributed by atoms with van der Waals surface area (Å²) in [6.07, 6.45) is 5.09. The van der Waals surface area contributed by atoms with Gasteiger partial charge in [-0.15, -0.1) is 0 Å². The zero-order valence-electron chi connectivity index (χ0n) is 28.2. The van der Waals surface area contributed by atoms with E-state index in [1.165, 1.54) is 0 Å². The van der Waals surface area contributed by atoms with Crippen molar-refractivity contribution >= 4 is 42.6 Å². The molecule has 1 aliphatic heterocycles. The number of aromatic nitrogens is 3. The zero-order chi connectivity index (χ0) is 33.8. The summed E-state index contributed by atoms with van der Waals surface area (Å²) in [6.45, 7) is 8.96. The Morgan fingerprint density at radius 3 is 2.40 bits per heavy atom. The van der Waals surface area contributed by atoms with Crippen LogP contribution in [0.25, 0.3) is 22.2 Å². The number of rotatable bonds is 14. The second kappa shape index (κ2) is 14.3. The van der Waals surface area contributed by atoms with E-state index in [9.17, 15) is 9.59 Å². The highest BCUT2D eigenvalue weighted by molar-refractivity contribution is 6.76. The van der Waals surface area contributed by atoms with E-state index in [2.05, 4.69) is 35.6 Å². The first-order valence-corrected chi connectivity index (χ1v) is 20.1. The maximum Gasteiger partial charge on any atom is 0.251 e. The summed E-state index contributed by atoms with van der Waals surface area (Å²) in [4.78, 5) is 34.9. The molecular weight excluding hydrogens is 629 g/mol. The summed E-state index contributed by atoms with van der Waals surface area (Å²) in [5.74, 6) is 0.923. The van der Waals surface area contributed by atoms with Crippen molar-refractivity contribution < 1.29 is 28.5 Å². The molecule has 254 valence electrons. The Kier molecular flexibility index (Phi) is 9.99. The van der Waals surface area contributed by atoms with Gasteiger partial charge in [-0.2, -0.15) is 9.97 Å². The van der Waals surface area contributed by atoms with Gasteiger partial charge < -0.3 is 39.5 Å². The lowest BCUT2D eigenvalue weighted by molar-refractivity contribution is -0.00346. The molecule has 1 saturated heterocycles. The average molecular weight is 673 g/mol. The summed E-state index contributed by atoms with van der Waals surface area (Å²) in [6, 6.07) is 13.7. The molecular formula is C35H44N6O6Si. The van der Waals surface area contributed by atoms with Gasteiger partial charge in [0, 0.05) is 44.6 Å². The van der Waals surface area contributed by atoms with E-state index in [4.69, 9.17) is 28.9 Å². The molecule has 0 spiro atoms. The van der Waals surface area contributed by atoms with Crippen LogP contribution >= 0.6 is 0 Å². The number of amides is 2. The number of carbonyl (C=O) groups excluding carboxylic acids is 2. The molecule has 0 atom stereocenters. The molecule has 2 aliphatic rings. The number of hydrogen-bond acceptors (Lipinski definition) is 9. The van der Waals surface area contributed by atoms with Gasteiger partial charge >= 0.3 is 0 Å². The van der Waals surface area contributed by atoms with Gasteiger partial charge in [-0.25, -0.2) is 0 Å². The molecule has 1 saturated carbocycles. The molecule has 13 heteroatoms. The third-order valence-corrected chi connectivity index (χ3v) is 10.3. The number of fused-ring (bicyclic) bond motifs is 1. The van der Waals surface area contributed by atoms with Crippen molar-refractivity contribution in [3.63, 3.8) is 0 Å². The standard InChI is InChI=1S/C35H44N6O6Si/c1-36-32(42)23-11-9-22(10-12-23)27-18-41(21-45-15-16-48(3,4)5)31-30(27)34(47-26-7-6-8-26)40-35(39-31)38-28-14-13-24(17-29(28)44-2)33(43)37-25-19-46-20-25/h9-14,17-18,25-26H,6-8,15-16,19-21H2,1-5H3,(H,36,42)(H,37,43)(H,38,39,40). The monoisotopic (exact) mass is 672 g/mol. The van der Waals surface area contributed by atoms with Crippen molar-refractivity contribution in [2.24, 2.45) is 0 Å². The number of nitrogens with one attached hydrogen (secondary N) is 3. The predicted molar refractivity (Wildman–Crippen MR) is 187 cm³/mol. The first kappa shape index (κ1) is 33.4. The van der Waals surface area contributed by atoms with Crippen LogP contribution in [0.2, 0.25) is 25.7 Å². The molecule has 48 heavy (non-hydrogen) atoms. The summed E-state index contributed by atoms with van der Waals surface area (Å²) in [5.41, 5.74) is 4.09.